The van der Waals surface area contributed by atoms with E-state index < -0.39 is 48.2 Å². The molecule has 2 aromatic heterocycles. The zero-order valence-corrected chi connectivity index (χ0v) is 27.0. The highest BCUT2D eigenvalue weighted by atomic mass is 35.5. The number of guanidine groups is 1. The average Bonchev–Trinajstić information content (AvgIpc) is 3.30. The van der Waals surface area contributed by atoms with Gasteiger partial charge in [-0.3, -0.25) is 19.5 Å². The van der Waals surface area contributed by atoms with Crippen molar-refractivity contribution in [3.05, 3.63) is 44.7 Å². The number of carbonyl (C=O) groups is 3. The van der Waals surface area contributed by atoms with E-state index >= 15 is 0 Å². The number of fused-ring (bicyclic) bond motifs is 1. The molecule has 2 amide bonds. The molecule has 2 aliphatic heterocycles. The number of nitrogen functional groups attached to an aromatic ring is 1. The highest BCUT2D eigenvalue weighted by Crippen LogP contribution is 2.46. The quantitative estimate of drug-likeness (QED) is 0.0623. The number of anilines is 1. The lowest BCUT2D eigenvalue weighted by molar-refractivity contribution is -0.150. The molecule has 236 valence electrons. The summed E-state index contributed by atoms with van der Waals surface area (Å²) in [7, 11) is 0. The van der Waals surface area contributed by atoms with Crippen LogP contribution in [-0.2, 0) is 25.0 Å². The molecule has 4 heterocycles. The minimum absolute atomic E-state index is 0.0181. The lowest BCUT2D eigenvalue weighted by Gasteiger charge is -2.49. The third-order valence-corrected chi connectivity index (χ3v) is 10.8. The zero-order valence-electron chi connectivity index (χ0n) is 22.9. The van der Waals surface area contributed by atoms with Crippen LogP contribution in [0.5, 0.6) is 0 Å². The number of nitrogens with zero attached hydrogens (tertiary/aromatic N) is 5. The number of hydrogen-bond donors (Lipinski definition) is 5. The molecular weight excluding hydrogens is 677 g/mol. The summed E-state index contributed by atoms with van der Waals surface area (Å²) in [4.78, 5) is 58.4. The van der Waals surface area contributed by atoms with Crippen LogP contribution in [0.15, 0.2) is 44.1 Å². The van der Waals surface area contributed by atoms with E-state index in [-0.39, 0.29) is 38.6 Å². The van der Waals surface area contributed by atoms with Crippen molar-refractivity contribution in [1.29, 1.82) is 0 Å². The first kappa shape index (κ1) is 33.6. The predicted octanol–water partition coefficient (Wildman–Crippen LogP) is 1.85. The number of rotatable bonds is 14. The molecular formula is C24H27ClFN9O5S4. The van der Waals surface area contributed by atoms with Gasteiger partial charge in [-0.2, -0.15) is 11.8 Å². The van der Waals surface area contributed by atoms with E-state index in [1.807, 2.05) is 6.92 Å². The van der Waals surface area contributed by atoms with Crippen LogP contribution in [0.25, 0.3) is 0 Å². The summed E-state index contributed by atoms with van der Waals surface area (Å²) < 4.78 is 12.6. The largest absolute Gasteiger partial charge is 0.477 e. The smallest absolute Gasteiger partial charge is 0.353 e. The highest BCUT2D eigenvalue weighted by Gasteiger charge is 2.54. The Morgan fingerprint density at radius 3 is 2.84 bits per heavy atom. The number of aliphatic carboxylic acids is 1. The number of nitrogens with one attached hydrogen (secondary N) is 1. The van der Waals surface area contributed by atoms with E-state index in [1.165, 1.54) is 23.5 Å². The third kappa shape index (κ3) is 7.87. The number of oxime groups is 1. The zero-order chi connectivity index (χ0) is 32.0. The normalized spacial score (nSPS) is 18.8. The van der Waals surface area contributed by atoms with Crippen molar-refractivity contribution in [2.75, 3.05) is 30.5 Å². The first-order chi connectivity index (χ1) is 21.0. The van der Waals surface area contributed by atoms with E-state index in [4.69, 9.17) is 33.6 Å². The topological polar surface area (TPSA) is 224 Å². The monoisotopic (exact) mass is 703 g/mol. The molecule has 44 heavy (non-hydrogen) atoms. The SMILES string of the molecule is CC(CSCc1cnccc1SC1=C(C(=O)O)N2C(=O)[C@@H](NC(=O)C(=NOCCF)c3nc(N)sc3Cl)[C@@H]2SC1)N=C(N)N. The summed E-state index contributed by atoms with van der Waals surface area (Å²) in [5.74, 6) is -1.26. The van der Waals surface area contributed by atoms with Gasteiger partial charge < -0.3 is 32.5 Å². The van der Waals surface area contributed by atoms with Crippen LogP contribution in [0.3, 0.4) is 0 Å². The second kappa shape index (κ2) is 15.2. The number of thiazole rings is 1. The molecule has 0 saturated carbocycles. The van der Waals surface area contributed by atoms with Gasteiger partial charge in [-0.1, -0.05) is 39.9 Å². The van der Waals surface area contributed by atoms with Crippen molar-refractivity contribution in [3.8, 4) is 0 Å². The van der Waals surface area contributed by atoms with Crippen LogP contribution < -0.4 is 22.5 Å². The Labute approximate surface area is 272 Å². The molecule has 20 heteroatoms. The second-order valence-corrected chi connectivity index (χ2v) is 14.0. The summed E-state index contributed by atoms with van der Waals surface area (Å²) in [6.07, 6.45) is 3.32. The van der Waals surface area contributed by atoms with Crippen LogP contribution in [0, 0.1) is 0 Å². The Morgan fingerprint density at radius 1 is 1.41 bits per heavy atom. The summed E-state index contributed by atoms with van der Waals surface area (Å²) in [6.45, 7) is 0.608. The lowest BCUT2D eigenvalue weighted by atomic mass is 10.0. The predicted molar refractivity (Wildman–Crippen MR) is 171 cm³/mol. The van der Waals surface area contributed by atoms with E-state index in [2.05, 4.69) is 25.4 Å². The number of amides is 2. The summed E-state index contributed by atoms with van der Waals surface area (Å²) in [5.41, 5.74) is 16.8. The van der Waals surface area contributed by atoms with E-state index in [0.29, 0.717) is 16.4 Å². The molecule has 0 radical (unpaired) electrons. The molecule has 1 unspecified atom stereocenters. The minimum Gasteiger partial charge on any atom is -0.477 e. The highest BCUT2D eigenvalue weighted by molar-refractivity contribution is 8.06. The number of aliphatic imine (C=N–C) groups is 1. The third-order valence-electron chi connectivity index (χ3n) is 5.87. The van der Waals surface area contributed by atoms with E-state index in [9.17, 15) is 23.9 Å². The number of carbonyl (C=O) groups excluding carboxylic acids is 2. The van der Waals surface area contributed by atoms with Crippen molar-refractivity contribution >= 4 is 92.8 Å². The molecule has 2 aromatic rings. The summed E-state index contributed by atoms with van der Waals surface area (Å²) >= 11 is 11.2. The van der Waals surface area contributed by atoms with Gasteiger partial charge in [-0.25, -0.2) is 19.2 Å². The standard InChI is InChI=1S/C24H27ClFN9O5S4/c1-10(31-23(27)28)7-41-8-11-6-30-4-2-12(11)43-13-9-42-21-16(20(37)35(21)17(13)22(38)39)32-19(36)15(34-40-5-3-26)14-18(25)44-24(29)33-14/h2,4,6,10,16,21H,3,5,7-9H2,1H3,(H2,29,33)(H,32,36)(H,38,39)(H4,27,28,31)/t10?,16-,21+/m1/s1. The van der Waals surface area contributed by atoms with E-state index in [0.717, 1.165) is 26.7 Å². The number of carboxylic acid groups (broad SMARTS) is 1. The molecule has 4 rings (SSSR count). The molecule has 1 saturated heterocycles. The number of carboxylic acids is 1. The number of aromatic nitrogens is 2. The molecule has 0 spiro atoms. The van der Waals surface area contributed by atoms with Gasteiger partial charge in [0.05, 0.1) is 6.04 Å². The van der Waals surface area contributed by atoms with Crippen molar-refractivity contribution in [2.24, 2.45) is 21.6 Å². The van der Waals surface area contributed by atoms with Gasteiger partial charge in [0.15, 0.2) is 16.8 Å². The van der Waals surface area contributed by atoms with Gasteiger partial charge in [-0.05, 0) is 18.6 Å². The summed E-state index contributed by atoms with van der Waals surface area (Å²) in [6, 6.07) is 0.625. The Kier molecular flexibility index (Phi) is 11.6. The van der Waals surface area contributed by atoms with Crippen LogP contribution >= 0.6 is 58.2 Å². The molecule has 1 fully saturated rings. The van der Waals surface area contributed by atoms with Gasteiger partial charge in [0, 0.05) is 39.5 Å². The molecule has 2 aliphatic rings. The van der Waals surface area contributed by atoms with Gasteiger partial charge in [0.1, 0.15) is 40.4 Å². The average molecular weight is 704 g/mol. The molecule has 0 aliphatic carbocycles. The fourth-order valence-electron chi connectivity index (χ4n) is 4.07. The maximum atomic E-state index is 13.3. The fraction of sp³-hybridized carbons (Fsp3) is 0.375. The molecule has 0 bridgehead atoms. The van der Waals surface area contributed by atoms with E-state index in [1.54, 1.807) is 30.2 Å². The number of hydrogen-bond acceptors (Lipinski definition) is 13. The van der Waals surface area contributed by atoms with Crippen LogP contribution in [-0.4, -0.2) is 91.7 Å². The Balaban J connectivity index is 1.49. The Hall–Kier alpha value is -3.26. The maximum Gasteiger partial charge on any atom is 0.353 e. The summed E-state index contributed by atoms with van der Waals surface area (Å²) in [5, 5.41) is 15.7. The first-order valence-corrected chi connectivity index (χ1v) is 16.9. The number of nitrogens with two attached hydrogens (primary N) is 3. The fourth-order valence-corrected chi connectivity index (χ4v) is 8.64. The van der Waals surface area contributed by atoms with Crippen LogP contribution in [0.2, 0.25) is 4.34 Å². The minimum atomic E-state index is -1.28. The van der Waals surface area contributed by atoms with Crippen molar-refractivity contribution in [3.63, 3.8) is 0 Å². The van der Waals surface area contributed by atoms with Crippen molar-refractivity contribution in [1.82, 2.24) is 20.2 Å². The number of halogens is 2. The molecule has 8 N–H and O–H groups in total. The van der Waals surface area contributed by atoms with Gasteiger partial charge in [0.2, 0.25) is 0 Å². The second-order valence-electron chi connectivity index (χ2n) is 9.08. The van der Waals surface area contributed by atoms with Gasteiger partial charge in [0.25, 0.3) is 11.8 Å². The number of β-lactam (4-membered cyclic amide) rings is 1. The number of pyridine rings is 1. The first-order valence-electron chi connectivity index (χ1n) is 12.7. The van der Waals surface area contributed by atoms with Crippen LogP contribution in [0.1, 0.15) is 18.2 Å². The molecule has 14 nitrogen and oxygen atoms in total. The molecule has 3 atom stereocenters. The van der Waals surface area contributed by atoms with Crippen molar-refractivity contribution in [2.45, 2.75) is 35.0 Å². The van der Waals surface area contributed by atoms with Crippen LogP contribution in [0.4, 0.5) is 9.52 Å². The number of alkyl halides is 1. The maximum absolute atomic E-state index is 13.3. The number of thioether (sulfide) groups is 3. The van der Waals surface area contributed by atoms with Gasteiger partial charge in [-0.15, -0.1) is 11.8 Å². The molecule has 0 aromatic carbocycles. The van der Waals surface area contributed by atoms with Gasteiger partial charge >= 0.3 is 5.97 Å². The Morgan fingerprint density at radius 2 is 2.18 bits per heavy atom. The Bertz CT molecular complexity index is 1520. The van der Waals surface area contributed by atoms with Crippen molar-refractivity contribution < 1.29 is 28.7 Å². The lowest BCUT2D eigenvalue weighted by Crippen LogP contribution is -2.71.